The van der Waals surface area contributed by atoms with Crippen LogP contribution >= 0.6 is 11.8 Å². The Morgan fingerprint density at radius 3 is 2.66 bits per heavy atom. The van der Waals surface area contributed by atoms with Crippen molar-refractivity contribution in [3.63, 3.8) is 0 Å². The molecule has 0 bridgehead atoms. The average molecular weight is 457 g/mol. The Bertz CT molecular complexity index is 1040. The summed E-state index contributed by atoms with van der Waals surface area (Å²) in [7, 11) is 1.62. The number of nitrogens with zero attached hydrogens (tertiary/aromatic N) is 3. The van der Waals surface area contributed by atoms with Crippen LogP contribution in [0.1, 0.15) is 32.7 Å². The highest BCUT2D eigenvalue weighted by Gasteiger charge is 2.20. The third kappa shape index (κ3) is 5.94. The molecule has 0 aliphatic carbocycles. The molecule has 0 spiro atoms. The van der Waals surface area contributed by atoms with Crippen LogP contribution in [-0.2, 0) is 11.3 Å². The maximum Gasteiger partial charge on any atom is 0.234 e. The number of methoxy groups -OCH3 is 1. The van der Waals surface area contributed by atoms with Crippen LogP contribution < -0.4 is 19.5 Å². The van der Waals surface area contributed by atoms with Gasteiger partial charge < -0.3 is 24.1 Å². The van der Waals surface area contributed by atoms with E-state index < -0.39 is 0 Å². The van der Waals surface area contributed by atoms with E-state index in [1.54, 1.807) is 7.11 Å². The lowest BCUT2D eigenvalue weighted by molar-refractivity contribution is -0.113. The molecule has 3 aromatic rings. The Hall–Kier alpha value is -3.20. The third-order valence-corrected chi connectivity index (χ3v) is 5.54. The quantitative estimate of drug-likeness (QED) is 0.423. The zero-order chi connectivity index (χ0) is 22.9. The van der Waals surface area contributed by atoms with Crippen molar-refractivity contribution in [1.82, 2.24) is 14.8 Å². The highest BCUT2D eigenvalue weighted by Crippen LogP contribution is 2.27. The van der Waals surface area contributed by atoms with E-state index >= 15 is 0 Å². The van der Waals surface area contributed by atoms with Gasteiger partial charge in [-0.3, -0.25) is 4.79 Å². The van der Waals surface area contributed by atoms with E-state index in [2.05, 4.69) is 15.5 Å². The monoisotopic (exact) mass is 456 g/mol. The van der Waals surface area contributed by atoms with Crippen LogP contribution in [-0.4, -0.2) is 40.1 Å². The van der Waals surface area contributed by atoms with E-state index in [9.17, 15) is 4.79 Å². The van der Waals surface area contributed by atoms with Crippen LogP contribution in [0.15, 0.2) is 53.7 Å². The lowest BCUT2D eigenvalue weighted by atomic mass is 10.3. The first-order valence-electron chi connectivity index (χ1n) is 10.4. The van der Waals surface area contributed by atoms with Gasteiger partial charge >= 0.3 is 0 Å². The summed E-state index contributed by atoms with van der Waals surface area (Å²) in [5.41, 5.74) is 0.651. The number of nitrogens with one attached hydrogen (secondary N) is 1. The van der Waals surface area contributed by atoms with E-state index in [0.29, 0.717) is 41.3 Å². The number of para-hydroxylation sites is 2. The molecule has 0 aliphatic heterocycles. The maximum absolute atomic E-state index is 12.5. The molecular formula is C23H28N4O4S. The molecule has 1 heterocycles. The van der Waals surface area contributed by atoms with Crippen molar-refractivity contribution < 1.29 is 19.0 Å². The molecule has 32 heavy (non-hydrogen) atoms. The smallest absolute Gasteiger partial charge is 0.234 e. The molecule has 2 aromatic carbocycles. The van der Waals surface area contributed by atoms with Gasteiger partial charge in [0.1, 0.15) is 17.2 Å². The Balaban J connectivity index is 1.64. The molecule has 0 fully saturated rings. The molecule has 0 aliphatic rings. The minimum atomic E-state index is -0.323. The zero-order valence-corrected chi connectivity index (χ0v) is 19.5. The first kappa shape index (κ1) is 23.5. The topological polar surface area (TPSA) is 87.5 Å². The summed E-state index contributed by atoms with van der Waals surface area (Å²) >= 11 is 1.33. The number of rotatable bonds is 11. The fourth-order valence-electron chi connectivity index (χ4n) is 3.10. The lowest BCUT2D eigenvalue weighted by Crippen LogP contribution is -2.16. The number of hydrogen-bond acceptors (Lipinski definition) is 7. The Morgan fingerprint density at radius 2 is 1.91 bits per heavy atom. The molecule has 1 N–H and O–H groups in total. The molecule has 3 rings (SSSR count). The van der Waals surface area contributed by atoms with E-state index in [-0.39, 0.29) is 17.8 Å². The Kier molecular flexibility index (Phi) is 8.38. The normalized spacial score (nSPS) is 11.6. The predicted octanol–water partition coefficient (Wildman–Crippen LogP) is 4.58. The Labute approximate surface area is 192 Å². The number of amides is 1. The van der Waals surface area contributed by atoms with E-state index in [1.165, 1.54) is 11.8 Å². The second kappa shape index (κ2) is 11.4. The average Bonchev–Trinajstić information content (AvgIpc) is 3.22. The van der Waals surface area contributed by atoms with Crippen molar-refractivity contribution in [2.75, 3.05) is 24.8 Å². The molecular weight excluding hydrogens is 428 g/mol. The van der Waals surface area contributed by atoms with Crippen LogP contribution in [0.3, 0.4) is 0 Å². The summed E-state index contributed by atoms with van der Waals surface area (Å²) in [6, 6.07) is 14.8. The van der Waals surface area contributed by atoms with Gasteiger partial charge in [0, 0.05) is 12.6 Å². The summed E-state index contributed by atoms with van der Waals surface area (Å²) in [6.45, 7) is 7.02. The van der Waals surface area contributed by atoms with Gasteiger partial charge in [0.15, 0.2) is 17.1 Å². The molecule has 1 atom stereocenters. The second-order valence-electron chi connectivity index (χ2n) is 6.79. The highest BCUT2D eigenvalue weighted by atomic mass is 32.2. The largest absolute Gasteiger partial charge is 0.497 e. The molecule has 1 amide bonds. The standard InChI is InChI=1S/C23H28N4O4S/c1-5-27-22(16(3)31-18-11-9-10-17(14-18)29-4)25-26-23(27)32-15-21(28)24-19-12-7-8-13-20(19)30-6-2/h7-14,16H,5-6,15H2,1-4H3,(H,24,28). The van der Waals surface area contributed by atoms with Crippen molar-refractivity contribution in [3.05, 3.63) is 54.4 Å². The van der Waals surface area contributed by atoms with Crippen molar-refractivity contribution >= 4 is 23.4 Å². The van der Waals surface area contributed by atoms with Gasteiger partial charge in [-0.05, 0) is 45.0 Å². The Morgan fingerprint density at radius 1 is 1.12 bits per heavy atom. The van der Waals surface area contributed by atoms with Crippen molar-refractivity contribution in [1.29, 1.82) is 0 Å². The second-order valence-corrected chi connectivity index (χ2v) is 7.73. The maximum atomic E-state index is 12.5. The van der Waals surface area contributed by atoms with Gasteiger partial charge in [0.05, 0.1) is 25.2 Å². The van der Waals surface area contributed by atoms with Crippen LogP contribution in [0.2, 0.25) is 0 Å². The summed E-state index contributed by atoms with van der Waals surface area (Å²) < 4.78 is 18.8. The number of ether oxygens (including phenoxy) is 3. The molecule has 0 saturated carbocycles. The number of anilines is 1. The van der Waals surface area contributed by atoms with Gasteiger partial charge in [-0.1, -0.05) is 30.0 Å². The number of carbonyl (C=O) groups is 1. The van der Waals surface area contributed by atoms with Gasteiger partial charge in [-0.15, -0.1) is 10.2 Å². The molecule has 170 valence electrons. The predicted molar refractivity (Wildman–Crippen MR) is 125 cm³/mol. The number of hydrogen-bond donors (Lipinski definition) is 1. The van der Waals surface area contributed by atoms with Crippen LogP contribution in [0.25, 0.3) is 0 Å². The van der Waals surface area contributed by atoms with Crippen LogP contribution in [0, 0.1) is 0 Å². The fraction of sp³-hybridized carbons (Fsp3) is 0.348. The minimum Gasteiger partial charge on any atom is -0.497 e. The first-order chi connectivity index (χ1) is 15.5. The van der Waals surface area contributed by atoms with Crippen LogP contribution in [0.5, 0.6) is 17.2 Å². The molecule has 0 radical (unpaired) electrons. The number of aromatic nitrogens is 3. The third-order valence-electron chi connectivity index (χ3n) is 4.57. The molecule has 0 saturated heterocycles. The van der Waals surface area contributed by atoms with Gasteiger partial charge in [0.25, 0.3) is 0 Å². The SMILES string of the molecule is CCOc1ccccc1NC(=O)CSc1nnc(C(C)Oc2cccc(OC)c2)n1CC. The van der Waals surface area contributed by atoms with Crippen molar-refractivity contribution in [2.45, 2.75) is 38.6 Å². The molecule has 9 heteroatoms. The number of benzene rings is 2. The summed E-state index contributed by atoms with van der Waals surface area (Å²) in [5, 5.41) is 12.1. The van der Waals surface area contributed by atoms with Crippen molar-refractivity contribution in [3.8, 4) is 17.2 Å². The summed E-state index contributed by atoms with van der Waals surface area (Å²) in [4.78, 5) is 12.5. The van der Waals surface area contributed by atoms with Gasteiger partial charge in [0.2, 0.25) is 5.91 Å². The fourth-order valence-corrected chi connectivity index (χ4v) is 3.91. The lowest BCUT2D eigenvalue weighted by Gasteiger charge is -2.16. The van der Waals surface area contributed by atoms with Gasteiger partial charge in [-0.25, -0.2) is 0 Å². The minimum absolute atomic E-state index is 0.143. The summed E-state index contributed by atoms with van der Waals surface area (Å²) in [6.07, 6.45) is -0.323. The summed E-state index contributed by atoms with van der Waals surface area (Å²) in [5.74, 6) is 2.80. The first-order valence-corrected chi connectivity index (χ1v) is 11.4. The molecule has 1 unspecified atom stereocenters. The van der Waals surface area contributed by atoms with E-state index in [4.69, 9.17) is 14.2 Å². The van der Waals surface area contributed by atoms with Crippen molar-refractivity contribution in [2.24, 2.45) is 0 Å². The molecule has 8 nitrogen and oxygen atoms in total. The number of carbonyl (C=O) groups excluding carboxylic acids is 1. The van der Waals surface area contributed by atoms with Crippen LogP contribution in [0.4, 0.5) is 5.69 Å². The zero-order valence-electron chi connectivity index (χ0n) is 18.7. The highest BCUT2D eigenvalue weighted by molar-refractivity contribution is 7.99. The number of thioether (sulfide) groups is 1. The van der Waals surface area contributed by atoms with E-state index in [0.717, 1.165) is 5.75 Å². The molecule has 1 aromatic heterocycles. The van der Waals surface area contributed by atoms with Gasteiger partial charge in [-0.2, -0.15) is 0 Å². The van der Waals surface area contributed by atoms with E-state index in [1.807, 2.05) is 73.9 Å².